The van der Waals surface area contributed by atoms with E-state index in [0.717, 1.165) is 48.7 Å². The lowest BCUT2D eigenvalue weighted by Crippen LogP contribution is -2.31. The zero-order valence-corrected chi connectivity index (χ0v) is 13.3. The summed E-state index contributed by atoms with van der Waals surface area (Å²) in [5.74, 6) is 1.83. The molecule has 0 aliphatic carbocycles. The summed E-state index contributed by atoms with van der Waals surface area (Å²) in [5, 5.41) is 11.0. The van der Waals surface area contributed by atoms with Crippen LogP contribution in [0, 0.1) is 6.92 Å². The molecule has 1 aliphatic heterocycles. The molecule has 4 heteroatoms. The Kier molecular flexibility index (Phi) is 4.12. The van der Waals surface area contributed by atoms with E-state index in [1.807, 2.05) is 43.3 Å². The van der Waals surface area contributed by atoms with Crippen molar-refractivity contribution in [2.75, 3.05) is 18.0 Å². The average Bonchev–Trinajstić information content (AvgIpc) is 2.92. The number of benzene rings is 1. The van der Waals surface area contributed by atoms with Crippen LogP contribution in [0.2, 0.25) is 0 Å². The van der Waals surface area contributed by atoms with E-state index in [9.17, 15) is 5.11 Å². The number of aliphatic hydroxyl groups is 1. The van der Waals surface area contributed by atoms with Crippen molar-refractivity contribution in [1.29, 1.82) is 0 Å². The molecule has 1 N–H and O–H groups in total. The predicted octanol–water partition coefficient (Wildman–Crippen LogP) is 2.84. The number of rotatable bonds is 4. The van der Waals surface area contributed by atoms with Crippen LogP contribution in [0.3, 0.4) is 0 Å². The van der Waals surface area contributed by atoms with Crippen molar-refractivity contribution in [3.05, 3.63) is 53.5 Å². The largest absolute Gasteiger partial charge is 0.383 e. The highest BCUT2D eigenvalue weighted by atomic mass is 16.3. The van der Waals surface area contributed by atoms with Crippen LogP contribution in [0.25, 0.3) is 0 Å². The first-order valence-corrected chi connectivity index (χ1v) is 7.98. The van der Waals surface area contributed by atoms with Gasteiger partial charge in [-0.1, -0.05) is 37.3 Å². The van der Waals surface area contributed by atoms with Gasteiger partial charge in [0.25, 0.3) is 0 Å². The van der Waals surface area contributed by atoms with Crippen molar-refractivity contribution in [3.63, 3.8) is 0 Å². The van der Waals surface area contributed by atoms with Crippen LogP contribution >= 0.6 is 0 Å². The smallest absolute Gasteiger partial charge is 0.132 e. The highest BCUT2D eigenvalue weighted by molar-refractivity contribution is 5.43. The molecule has 0 saturated carbocycles. The van der Waals surface area contributed by atoms with Crippen LogP contribution < -0.4 is 4.90 Å². The Morgan fingerprint density at radius 2 is 2.00 bits per heavy atom. The van der Waals surface area contributed by atoms with Gasteiger partial charge in [0, 0.05) is 24.7 Å². The Labute approximate surface area is 131 Å². The van der Waals surface area contributed by atoms with Crippen LogP contribution in [0.1, 0.15) is 36.8 Å². The van der Waals surface area contributed by atoms with Gasteiger partial charge in [-0.25, -0.2) is 9.97 Å². The standard InChI is InChI=1S/C18H23N3O/c1-3-7-16-19-14(2)12-17(20-16)21-11-10-18(22,13-21)15-8-5-4-6-9-15/h4-6,8-9,12,22H,3,7,10-11,13H2,1-2H3. The normalized spacial score (nSPS) is 21.3. The van der Waals surface area contributed by atoms with Gasteiger partial charge >= 0.3 is 0 Å². The molecular weight excluding hydrogens is 274 g/mol. The van der Waals surface area contributed by atoms with Crippen LogP contribution in [0.5, 0.6) is 0 Å². The van der Waals surface area contributed by atoms with Gasteiger partial charge < -0.3 is 10.0 Å². The van der Waals surface area contributed by atoms with Crippen molar-refractivity contribution >= 4 is 5.82 Å². The molecule has 1 aromatic carbocycles. The summed E-state index contributed by atoms with van der Waals surface area (Å²) in [6.07, 6.45) is 2.66. The van der Waals surface area contributed by atoms with Crippen molar-refractivity contribution < 1.29 is 5.11 Å². The second-order valence-corrected chi connectivity index (χ2v) is 6.10. The van der Waals surface area contributed by atoms with E-state index in [1.165, 1.54) is 0 Å². The fraction of sp³-hybridized carbons (Fsp3) is 0.444. The first-order valence-electron chi connectivity index (χ1n) is 7.98. The van der Waals surface area contributed by atoms with Gasteiger partial charge in [0.2, 0.25) is 0 Å². The molecule has 0 radical (unpaired) electrons. The summed E-state index contributed by atoms with van der Waals surface area (Å²) in [4.78, 5) is 11.3. The number of aromatic nitrogens is 2. The Balaban J connectivity index is 1.83. The van der Waals surface area contributed by atoms with Crippen molar-refractivity contribution in [3.8, 4) is 0 Å². The Hall–Kier alpha value is -1.94. The monoisotopic (exact) mass is 297 g/mol. The molecular formula is C18H23N3O. The third kappa shape index (κ3) is 2.97. The number of nitrogens with zero attached hydrogens (tertiary/aromatic N) is 3. The van der Waals surface area contributed by atoms with Crippen molar-refractivity contribution in [2.24, 2.45) is 0 Å². The van der Waals surface area contributed by atoms with E-state index in [2.05, 4.69) is 21.8 Å². The predicted molar refractivity (Wildman–Crippen MR) is 87.9 cm³/mol. The van der Waals surface area contributed by atoms with Gasteiger partial charge in [-0.3, -0.25) is 0 Å². The van der Waals surface area contributed by atoms with E-state index < -0.39 is 5.60 Å². The van der Waals surface area contributed by atoms with E-state index in [0.29, 0.717) is 6.54 Å². The summed E-state index contributed by atoms with van der Waals surface area (Å²) in [6, 6.07) is 11.9. The molecule has 0 amide bonds. The highest BCUT2D eigenvalue weighted by Crippen LogP contribution is 2.34. The maximum absolute atomic E-state index is 11.0. The second-order valence-electron chi connectivity index (χ2n) is 6.10. The van der Waals surface area contributed by atoms with E-state index in [-0.39, 0.29) is 0 Å². The average molecular weight is 297 g/mol. The minimum atomic E-state index is -0.787. The molecule has 1 saturated heterocycles. The molecule has 2 aromatic rings. The molecule has 1 aromatic heterocycles. The van der Waals surface area contributed by atoms with Crippen molar-refractivity contribution in [2.45, 2.75) is 38.7 Å². The SMILES string of the molecule is CCCc1nc(C)cc(N2CCC(O)(c3ccccc3)C2)n1. The number of β-amino-alcohol motifs (C(OH)–C–C–N with tert-alkyl or cyclic N) is 1. The Morgan fingerprint density at radius 3 is 2.73 bits per heavy atom. The van der Waals surface area contributed by atoms with Gasteiger partial charge in [0.1, 0.15) is 17.2 Å². The van der Waals surface area contributed by atoms with E-state index in [4.69, 9.17) is 0 Å². The fourth-order valence-electron chi connectivity index (χ4n) is 3.08. The molecule has 22 heavy (non-hydrogen) atoms. The Morgan fingerprint density at radius 1 is 1.23 bits per heavy atom. The van der Waals surface area contributed by atoms with Crippen LogP contribution in [0.4, 0.5) is 5.82 Å². The molecule has 2 heterocycles. The third-order valence-electron chi connectivity index (χ3n) is 4.24. The third-order valence-corrected chi connectivity index (χ3v) is 4.24. The molecule has 1 unspecified atom stereocenters. The number of hydrogen-bond acceptors (Lipinski definition) is 4. The van der Waals surface area contributed by atoms with E-state index >= 15 is 0 Å². The number of hydrogen-bond donors (Lipinski definition) is 1. The van der Waals surface area contributed by atoms with Gasteiger partial charge in [-0.05, 0) is 25.3 Å². The first kappa shape index (κ1) is 15.0. The summed E-state index contributed by atoms with van der Waals surface area (Å²) >= 11 is 0. The summed E-state index contributed by atoms with van der Waals surface area (Å²) in [5.41, 5.74) is 1.19. The van der Waals surface area contributed by atoms with Gasteiger partial charge in [-0.2, -0.15) is 0 Å². The Bertz CT molecular complexity index is 644. The second kappa shape index (κ2) is 6.05. The van der Waals surface area contributed by atoms with Gasteiger partial charge in [0.05, 0.1) is 6.54 Å². The van der Waals surface area contributed by atoms with Crippen LogP contribution in [0.15, 0.2) is 36.4 Å². The lowest BCUT2D eigenvalue weighted by molar-refractivity contribution is 0.0606. The molecule has 116 valence electrons. The van der Waals surface area contributed by atoms with E-state index in [1.54, 1.807) is 0 Å². The lowest BCUT2D eigenvalue weighted by Gasteiger charge is -2.24. The minimum absolute atomic E-state index is 0.582. The fourth-order valence-corrected chi connectivity index (χ4v) is 3.08. The quantitative estimate of drug-likeness (QED) is 0.943. The number of aryl methyl sites for hydroxylation is 2. The van der Waals surface area contributed by atoms with Gasteiger partial charge in [-0.15, -0.1) is 0 Å². The maximum atomic E-state index is 11.0. The number of anilines is 1. The molecule has 1 atom stereocenters. The highest BCUT2D eigenvalue weighted by Gasteiger charge is 2.38. The summed E-state index contributed by atoms with van der Waals surface area (Å²) < 4.78 is 0. The molecule has 1 fully saturated rings. The molecule has 0 bridgehead atoms. The maximum Gasteiger partial charge on any atom is 0.132 e. The minimum Gasteiger partial charge on any atom is -0.383 e. The lowest BCUT2D eigenvalue weighted by atomic mass is 9.93. The molecule has 4 nitrogen and oxygen atoms in total. The summed E-state index contributed by atoms with van der Waals surface area (Å²) in [6.45, 7) is 5.53. The van der Waals surface area contributed by atoms with Crippen LogP contribution in [-0.2, 0) is 12.0 Å². The summed E-state index contributed by atoms with van der Waals surface area (Å²) in [7, 11) is 0. The van der Waals surface area contributed by atoms with Gasteiger partial charge in [0.15, 0.2) is 0 Å². The zero-order chi connectivity index (χ0) is 15.6. The molecule has 3 rings (SSSR count). The molecule has 0 spiro atoms. The van der Waals surface area contributed by atoms with Crippen molar-refractivity contribution in [1.82, 2.24) is 9.97 Å². The zero-order valence-electron chi connectivity index (χ0n) is 13.3. The topological polar surface area (TPSA) is 49.2 Å². The molecule has 1 aliphatic rings. The first-order chi connectivity index (χ1) is 10.6. The van der Waals surface area contributed by atoms with Crippen LogP contribution in [-0.4, -0.2) is 28.2 Å².